The van der Waals surface area contributed by atoms with Gasteiger partial charge >= 0.3 is 0 Å². The largest absolute Gasteiger partial charge is 0.309 e. The van der Waals surface area contributed by atoms with Crippen molar-refractivity contribution in [3.8, 4) is 50.4 Å². The number of nitrogens with zero attached hydrogens (tertiary/aromatic N) is 4. The van der Waals surface area contributed by atoms with Crippen LogP contribution in [0, 0.1) is 0 Å². The molecule has 4 heterocycles. The van der Waals surface area contributed by atoms with Gasteiger partial charge in [-0.3, -0.25) is 0 Å². The maximum atomic E-state index is 2.51. The van der Waals surface area contributed by atoms with Crippen molar-refractivity contribution in [3.63, 3.8) is 0 Å². The molecular weight excluding hydrogens is 897 g/mol. The lowest BCUT2D eigenvalue weighted by atomic mass is 9.89. The third-order valence-electron chi connectivity index (χ3n) is 15.7. The fourth-order valence-electron chi connectivity index (χ4n) is 12.5. The van der Waals surface area contributed by atoms with Gasteiger partial charge in [-0.1, -0.05) is 158 Å². The van der Waals surface area contributed by atoms with Crippen molar-refractivity contribution in [3.05, 3.63) is 267 Å². The molecule has 4 nitrogen and oxygen atoms in total. The number of rotatable bonds is 6. The fraction of sp³-hybridized carbons (Fsp3) is 0. The molecule has 0 saturated carbocycles. The third-order valence-corrected chi connectivity index (χ3v) is 15.7. The van der Waals surface area contributed by atoms with Crippen LogP contribution in [0.4, 0.5) is 17.1 Å². The molecule has 344 valence electrons. The highest BCUT2D eigenvalue weighted by Gasteiger charge is 2.29. The van der Waals surface area contributed by atoms with E-state index in [-0.39, 0.29) is 0 Å². The minimum atomic E-state index is 1.12. The first-order valence-electron chi connectivity index (χ1n) is 25.5. The van der Waals surface area contributed by atoms with Gasteiger partial charge in [0.05, 0.1) is 44.5 Å². The average Bonchev–Trinajstić information content (AvgIpc) is 4.11. The van der Waals surface area contributed by atoms with Crippen LogP contribution in [0.2, 0.25) is 0 Å². The maximum absolute atomic E-state index is 2.51. The molecule has 12 aromatic carbocycles. The molecule has 15 aromatic rings. The van der Waals surface area contributed by atoms with Crippen LogP contribution in [0.15, 0.2) is 267 Å². The van der Waals surface area contributed by atoms with Gasteiger partial charge in [0.15, 0.2) is 0 Å². The fourth-order valence-corrected chi connectivity index (χ4v) is 12.5. The van der Waals surface area contributed by atoms with E-state index in [9.17, 15) is 0 Å². The lowest BCUT2D eigenvalue weighted by Crippen LogP contribution is -2.15. The second kappa shape index (κ2) is 15.8. The first-order valence-corrected chi connectivity index (χ1v) is 25.5. The molecule has 3 aromatic heterocycles. The molecule has 0 spiro atoms. The zero-order valence-electron chi connectivity index (χ0n) is 40.2. The highest BCUT2D eigenvalue weighted by atomic mass is 15.2. The van der Waals surface area contributed by atoms with E-state index in [2.05, 4.69) is 286 Å². The zero-order valence-corrected chi connectivity index (χ0v) is 40.2. The summed E-state index contributed by atoms with van der Waals surface area (Å²) in [5.41, 5.74) is 21.2. The van der Waals surface area contributed by atoms with Gasteiger partial charge in [-0.2, -0.15) is 0 Å². The molecule has 0 N–H and O–H groups in total. The number of hydrogen-bond acceptors (Lipinski definition) is 1. The van der Waals surface area contributed by atoms with Gasteiger partial charge < -0.3 is 18.6 Å². The van der Waals surface area contributed by atoms with Crippen molar-refractivity contribution in [2.75, 3.05) is 4.90 Å². The van der Waals surface area contributed by atoms with Gasteiger partial charge in [-0.25, -0.2) is 0 Å². The molecule has 1 aliphatic heterocycles. The van der Waals surface area contributed by atoms with E-state index in [1.807, 2.05) is 0 Å². The number of para-hydroxylation sites is 5. The lowest BCUT2D eigenvalue weighted by Gasteiger charge is -2.34. The number of benzene rings is 12. The summed E-state index contributed by atoms with van der Waals surface area (Å²) in [7, 11) is 0. The summed E-state index contributed by atoms with van der Waals surface area (Å²) >= 11 is 0. The Morgan fingerprint density at radius 3 is 1.23 bits per heavy atom. The van der Waals surface area contributed by atoms with Crippen molar-refractivity contribution in [1.82, 2.24) is 13.7 Å². The summed E-state index contributed by atoms with van der Waals surface area (Å²) in [5.74, 6) is 0. The van der Waals surface area contributed by atoms with Crippen molar-refractivity contribution < 1.29 is 0 Å². The van der Waals surface area contributed by atoms with E-state index in [4.69, 9.17) is 0 Å². The Hall–Kier alpha value is -9.90. The van der Waals surface area contributed by atoms with Crippen molar-refractivity contribution in [2.24, 2.45) is 0 Å². The number of hydrogen-bond donors (Lipinski definition) is 0. The van der Waals surface area contributed by atoms with Gasteiger partial charge in [-0.15, -0.1) is 0 Å². The molecule has 0 saturated heterocycles. The predicted octanol–water partition coefficient (Wildman–Crippen LogP) is 18.9. The summed E-state index contributed by atoms with van der Waals surface area (Å²) in [5, 5.41) is 9.93. The van der Waals surface area contributed by atoms with Crippen molar-refractivity contribution in [2.45, 2.75) is 0 Å². The van der Waals surface area contributed by atoms with Gasteiger partial charge in [0.25, 0.3) is 0 Å². The van der Waals surface area contributed by atoms with E-state index >= 15 is 0 Å². The second-order valence-electron chi connectivity index (χ2n) is 19.7. The molecular formula is C70H44N4. The normalized spacial score (nSPS) is 12.3. The predicted molar refractivity (Wildman–Crippen MR) is 312 cm³/mol. The standard InChI is InChI=1S/C70H44N4/c1-3-21-50(22-4-1)71-62-31-10-7-27-54(62)58-41-48(35-37-65(58)71)46-19-13-25-52(39-46)73-64-33-12-9-29-56(64)60-43-61-57-30-15-17-45-18-16-34-67(70(45)57)74(69(61)44-68(60)73)53-26-14-20-47(40-53)49-36-38-66-59(42-49)55-28-8-11-32-63(55)72(66)51-23-5-2-6-24-51/h1-44H. The molecule has 0 unspecified atom stereocenters. The quantitative estimate of drug-likeness (QED) is 0.162. The van der Waals surface area contributed by atoms with Crippen LogP contribution in [0.1, 0.15) is 0 Å². The van der Waals surface area contributed by atoms with Crippen LogP contribution in [-0.4, -0.2) is 13.7 Å². The Morgan fingerprint density at radius 1 is 0.216 bits per heavy atom. The molecule has 1 aliphatic rings. The Bertz CT molecular complexity index is 4780. The molecule has 0 atom stereocenters. The van der Waals surface area contributed by atoms with E-state index in [0.717, 1.165) is 34.0 Å². The minimum Gasteiger partial charge on any atom is -0.309 e. The summed E-state index contributed by atoms with van der Waals surface area (Å²) in [6.07, 6.45) is 0. The van der Waals surface area contributed by atoms with E-state index in [0.29, 0.717) is 0 Å². The van der Waals surface area contributed by atoms with Crippen LogP contribution in [0.5, 0.6) is 0 Å². The molecule has 4 heteroatoms. The van der Waals surface area contributed by atoms with Crippen LogP contribution in [-0.2, 0) is 0 Å². The van der Waals surface area contributed by atoms with E-state index < -0.39 is 0 Å². The minimum absolute atomic E-state index is 1.12. The van der Waals surface area contributed by atoms with Gasteiger partial charge in [0, 0.05) is 66.0 Å². The first-order chi connectivity index (χ1) is 36.7. The topological polar surface area (TPSA) is 18.0 Å². The van der Waals surface area contributed by atoms with E-state index in [1.165, 1.54) is 110 Å². The number of aromatic nitrogens is 3. The lowest BCUT2D eigenvalue weighted by molar-refractivity contribution is 1.18. The molecule has 0 aliphatic carbocycles. The highest BCUT2D eigenvalue weighted by Crippen LogP contribution is 2.53. The third kappa shape index (κ3) is 5.97. The first kappa shape index (κ1) is 40.8. The van der Waals surface area contributed by atoms with Crippen LogP contribution < -0.4 is 4.90 Å². The zero-order chi connectivity index (χ0) is 48.4. The summed E-state index contributed by atoms with van der Waals surface area (Å²) in [6.45, 7) is 0. The van der Waals surface area contributed by atoms with E-state index in [1.54, 1.807) is 0 Å². The Morgan fingerprint density at radius 2 is 0.649 bits per heavy atom. The molecule has 16 rings (SSSR count). The number of anilines is 3. The summed E-state index contributed by atoms with van der Waals surface area (Å²) in [6, 6.07) is 98.4. The molecule has 0 amide bonds. The van der Waals surface area contributed by atoms with Gasteiger partial charge in [0.1, 0.15) is 0 Å². The SMILES string of the molecule is c1ccc(-n2c3ccccc3c3cc(-c4cccc(N5c6cc7c(cc6-c6cccc8cccc5c68)c5ccccc5n7-c5cccc(-c6ccc7c(c6)c6ccccc6n7-c6ccccc6)c5)c4)ccc32)cc1. The summed E-state index contributed by atoms with van der Waals surface area (Å²) in [4.78, 5) is 2.51. The monoisotopic (exact) mass is 940 g/mol. The van der Waals surface area contributed by atoms with Crippen LogP contribution in [0.3, 0.4) is 0 Å². The molecule has 0 radical (unpaired) electrons. The maximum Gasteiger partial charge on any atom is 0.0562 e. The van der Waals surface area contributed by atoms with Crippen molar-refractivity contribution >= 4 is 93.3 Å². The molecule has 74 heavy (non-hydrogen) atoms. The Balaban J connectivity index is 0.872. The van der Waals surface area contributed by atoms with Crippen LogP contribution in [0.25, 0.3) is 127 Å². The van der Waals surface area contributed by atoms with Crippen molar-refractivity contribution in [1.29, 1.82) is 0 Å². The summed E-state index contributed by atoms with van der Waals surface area (Å²) < 4.78 is 7.24. The highest BCUT2D eigenvalue weighted by molar-refractivity contribution is 6.19. The Kier molecular flexibility index (Phi) is 8.71. The molecule has 0 fully saturated rings. The van der Waals surface area contributed by atoms with Gasteiger partial charge in [-0.05, 0) is 142 Å². The smallest absolute Gasteiger partial charge is 0.0562 e. The average molecular weight is 941 g/mol. The molecule has 0 bridgehead atoms. The second-order valence-corrected chi connectivity index (χ2v) is 19.7. The van der Waals surface area contributed by atoms with Gasteiger partial charge in [0.2, 0.25) is 0 Å². The Labute approximate surface area is 427 Å². The number of fused-ring (bicyclic) bond motifs is 11. The van der Waals surface area contributed by atoms with Crippen LogP contribution >= 0.6 is 0 Å².